The highest BCUT2D eigenvalue weighted by atomic mass is 32.1. The van der Waals surface area contributed by atoms with Crippen LogP contribution in [0, 0.1) is 0 Å². The number of hydrogen-bond donors (Lipinski definition) is 1. The Hall–Kier alpha value is -2.76. The summed E-state index contributed by atoms with van der Waals surface area (Å²) in [5.41, 5.74) is 0.627. The lowest BCUT2D eigenvalue weighted by Crippen LogP contribution is -2.42. The van der Waals surface area contributed by atoms with Crippen molar-refractivity contribution in [1.29, 1.82) is 0 Å². The van der Waals surface area contributed by atoms with Crippen molar-refractivity contribution in [2.24, 2.45) is 0 Å². The number of carbonyl (C=O) groups excluding carboxylic acids is 2. The minimum absolute atomic E-state index is 0.216. The zero-order valence-corrected chi connectivity index (χ0v) is 16.2. The molecule has 4 nitrogen and oxygen atoms in total. The molecule has 1 atom stereocenters. The molecule has 0 bridgehead atoms. The van der Waals surface area contributed by atoms with Crippen molar-refractivity contribution < 1.29 is 14.7 Å². The summed E-state index contributed by atoms with van der Waals surface area (Å²) < 4.78 is 0. The van der Waals surface area contributed by atoms with Gasteiger partial charge in [0.1, 0.15) is 0 Å². The van der Waals surface area contributed by atoms with Crippen LogP contribution in [0.4, 0.5) is 5.69 Å². The first-order chi connectivity index (χ1) is 13.6. The number of aryl methyl sites for hydroxylation is 1. The van der Waals surface area contributed by atoms with E-state index in [-0.39, 0.29) is 12.2 Å². The van der Waals surface area contributed by atoms with Gasteiger partial charge in [0, 0.05) is 12.1 Å². The highest BCUT2D eigenvalue weighted by Gasteiger charge is 2.50. The molecule has 0 radical (unpaired) electrons. The first-order valence-electron chi connectivity index (χ1n) is 9.34. The Morgan fingerprint density at radius 1 is 1.00 bits per heavy atom. The largest absolute Gasteiger partial charge is 0.375 e. The van der Waals surface area contributed by atoms with Gasteiger partial charge in [-0.05, 0) is 35.9 Å². The van der Waals surface area contributed by atoms with Crippen molar-refractivity contribution in [3.05, 3.63) is 88.1 Å². The van der Waals surface area contributed by atoms with Crippen LogP contribution in [0.5, 0.6) is 0 Å². The second kappa shape index (κ2) is 7.70. The normalized spacial score (nSPS) is 18.3. The van der Waals surface area contributed by atoms with E-state index in [2.05, 4.69) is 12.1 Å². The third-order valence-electron chi connectivity index (χ3n) is 5.14. The fraction of sp³-hybridized carbons (Fsp3) is 0.217. The van der Waals surface area contributed by atoms with Crippen LogP contribution in [0.1, 0.15) is 33.6 Å². The van der Waals surface area contributed by atoms with Gasteiger partial charge in [0.05, 0.1) is 17.0 Å². The van der Waals surface area contributed by atoms with Crippen LogP contribution in [-0.4, -0.2) is 23.3 Å². The quantitative estimate of drug-likeness (QED) is 0.615. The molecule has 0 fully saturated rings. The minimum Gasteiger partial charge on any atom is -0.375 e. The first kappa shape index (κ1) is 18.6. The van der Waals surface area contributed by atoms with Gasteiger partial charge in [-0.3, -0.25) is 9.59 Å². The molecule has 5 heteroatoms. The molecule has 1 aliphatic heterocycles. The number of hydrogen-bond acceptors (Lipinski definition) is 4. The fourth-order valence-corrected chi connectivity index (χ4v) is 4.41. The van der Waals surface area contributed by atoms with Crippen LogP contribution in [0.2, 0.25) is 0 Å². The van der Waals surface area contributed by atoms with Crippen LogP contribution < -0.4 is 4.90 Å². The zero-order valence-electron chi connectivity index (χ0n) is 15.4. The Labute approximate surface area is 168 Å². The van der Waals surface area contributed by atoms with E-state index in [1.165, 1.54) is 16.9 Å². The minimum atomic E-state index is -1.80. The molecule has 2 aromatic carbocycles. The zero-order chi connectivity index (χ0) is 19.6. The molecule has 0 unspecified atom stereocenters. The monoisotopic (exact) mass is 391 g/mol. The predicted molar refractivity (Wildman–Crippen MR) is 111 cm³/mol. The van der Waals surface area contributed by atoms with Gasteiger partial charge in [-0.15, -0.1) is 11.3 Å². The number of rotatable bonds is 7. The van der Waals surface area contributed by atoms with Crippen LogP contribution in [0.3, 0.4) is 0 Å². The molecule has 3 aromatic rings. The molecule has 1 N–H and O–H groups in total. The van der Waals surface area contributed by atoms with Crippen molar-refractivity contribution in [3.8, 4) is 0 Å². The van der Waals surface area contributed by atoms with E-state index in [0.29, 0.717) is 22.7 Å². The third kappa shape index (κ3) is 3.39. The second-order valence-electron chi connectivity index (χ2n) is 7.00. The van der Waals surface area contributed by atoms with Gasteiger partial charge in [0.2, 0.25) is 0 Å². The summed E-state index contributed by atoms with van der Waals surface area (Å²) in [5.74, 6) is -0.626. The highest BCUT2D eigenvalue weighted by Crippen LogP contribution is 2.43. The van der Waals surface area contributed by atoms with Gasteiger partial charge in [-0.1, -0.05) is 54.6 Å². The van der Waals surface area contributed by atoms with E-state index in [4.69, 9.17) is 0 Å². The number of para-hydroxylation sites is 1. The lowest BCUT2D eigenvalue weighted by Gasteiger charge is -2.22. The number of nitrogens with zero attached hydrogens (tertiary/aromatic N) is 1. The maximum absolute atomic E-state index is 13.2. The number of amides is 1. The summed E-state index contributed by atoms with van der Waals surface area (Å²) in [4.78, 5) is 27.9. The Balaban J connectivity index is 1.54. The van der Waals surface area contributed by atoms with Crippen molar-refractivity contribution in [2.45, 2.75) is 24.9 Å². The number of carbonyl (C=O) groups is 2. The molecular weight excluding hydrogens is 370 g/mol. The lowest BCUT2D eigenvalue weighted by atomic mass is 9.89. The lowest BCUT2D eigenvalue weighted by molar-refractivity contribution is -0.135. The van der Waals surface area contributed by atoms with E-state index < -0.39 is 11.5 Å². The smallest absolute Gasteiger partial charge is 0.264 e. The molecule has 1 aliphatic rings. The van der Waals surface area contributed by atoms with Gasteiger partial charge in [-0.25, -0.2) is 0 Å². The molecule has 0 saturated heterocycles. The maximum atomic E-state index is 13.2. The summed E-state index contributed by atoms with van der Waals surface area (Å²) in [7, 11) is 0. The highest BCUT2D eigenvalue weighted by molar-refractivity contribution is 7.12. The molecule has 0 saturated carbocycles. The number of anilines is 1. The number of aliphatic hydroxyl groups is 1. The van der Waals surface area contributed by atoms with Gasteiger partial charge in [-0.2, -0.15) is 0 Å². The molecule has 4 rings (SSSR count). The Morgan fingerprint density at radius 3 is 2.50 bits per heavy atom. The van der Waals surface area contributed by atoms with Crippen LogP contribution in [0.25, 0.3) is 0 Å². The molecule has 0 aliphatic carbocycles. The molecular formula is C23H21NO3S. The number of fused-ring (bicyclic) bond motifs is 1. The standard InChI is InChI=1S/C23H21NO3S/c25-20(21-13-7-15-28-21)16-23(27)18-11-4-5-12-19(18)24(22(23)26)14-6-10-17-8-2-1-3-9-17/h1-5,7-9,11-13,15,27H,6,10,14,16H2/t23-/m0/s1. The maximum Gasteiger partial charge on any atom is 0.264 e. The van der Waals surface area contributed by atoms with Gasteiger partial charge >= 0.3 is 0 Å². The van der Waals surface area contributed by atoms with Crippen LogP contribution in [0.15, 0.2) is 72.1 Å². The fourth-order valence-electron chi connectivity index (χ4n) is 3.74. The number of ketones is 1. The second-order valence-corrected chi connectivity index (χ2v) is 7.95. The SMILES string of the molecule is O=C(C[C@@]1(O)C(=O)N(CCCc2ccccc2)c2ccccc21)c1cccs1. The van der Waals surface area contributed by atoms with Crippen molar-refractivity contribution in [2.75, 3.05) is 11.4 Å². The topological polar surface area (TPSA) is 57.6 Å². The number of Topliss-reactive ketones (excluding diaryl/α,β-unsaturated/α-hetero) is 1. The Morgan fingerprint density at radius 2 is 1.75 bits per heavy atom. The van der Waals surface area contributed by atoms with E-state index in [0.717, 1.165) is 12.8 Å². The molecule has 0 spiro atoms. The summed E-state index contributed by atoms with van der Waals surface area (Å²) in [6, 6.07) is 20.8. The van der Waals surface area contributed by atoms with Crippen molar-refractivity contribution in [1.82, 2.24) is 0 Å². The number of thiophene rings is 1. The van der Waals surface area contributed by atoms with Crippen molar-refractivity contribution in [3.63, 3.8) is 0 Å². The molecule has 142 valence electrons. The predicted octanol–water partition coefficient (Wildman–Crippen LogP) is 4.19. The first-order valence-corrected chi connectivity index (χ1v) is 10.2. The van der Waals surface area contributed by atoms with E-state index >= 15 is 0 Å². The van der Waals surface area contributed by atoms with Gasteiger partial charge in [0.25, 0.3) is 5.91 Å². The van der Waals surface area contributed by atoms with Crippen LogP contribution >= 0.6 is 11.3 Å². The van der Waals surface area contributed by atoms with Crippen LogP contribution in [-0.2, 0) is 16.8 Å². The summed E-state index contributed by atoms with van der Waals surface area (Å²) in [6.07, 6.45) is 1.39. The van der Waals surface area contributed by atoms with Crippen molar-refractivity contribution >= 4 is 28.7 Å². The molecule has 1 amide bonds. The molecule has 28 heavy (non-hydrogen) atoms. The summed E-state index contributed by atoms with van der Waals surface area (Å²) in [5, 5.41) is 13.1. The third-order valence-corrected chi connectivity index (χ3v) is 6.05. The Kier molecular flexibility index (Phi) is 5.11. The van der Waals surface area contributed by atoms with E-state index in [9.17, 15) is 14.7 Å². The van der Waals surface area contributed by atoms with Gasteiger partial charge in [0.15, 0.2) is 11.4 Å². The molecule has 1 aromatic heterocycles. The summed E-state index contributed by atoms with van der Waals surface area (Å²) >= 11 is 1.32. The summed E-state index contributed by atoms with van der Waals surface area (Å²) in [6.45, 7) is 0.500. The van der Waals surface area contributed by atoms with Gasteiger partial charge < -0.3 is 10.0 Å². The average molecular weight is 391 g/mol. The van der Waals surface area contributed by atoms with E-state index in [1.54, 1.807) is 29.2 Å². The Bertz CT molecular complexity index is 984. The molecule has 2 heterocycles. The van der Waals surface area contributed by atoms with E-state index in [1.807, 2.05) is 35.7 Å². The average Bonchev–Trinajstić information content (AvgIpc) is 3.32. The number of benzene rings is 2.